The summed E-state index contributed by atoms with van der Waals surface area (Å²) in [5.74, 6) is -4.11. The van der Waals surface area contributed by atoms with Crippen LogP contribution in [-0.4, -0.2) is 27.9 Å². The molecular formula is C10H11F3O2S. The average molecular weight is 252 g/mol. The van der Waals surface area contributed by atoms with Crippen molar-refractivity contribution in [2.45, 2.75) is 17.7 Å². The van der Waals surface area contributed by atoms with E-state index in [1.807, 2.05) is 0 Å². The minimum absolute atomic E-state index is 0.305. The van der Waals surface area contributed by atoms with Crippen molar-refractivity contribution in [1.82, 2.24) is 0 Å². The van der Waals surface area contributed by atoms with Gasteiger partial charge in [0.2, 0.25) is 0 Å². The summed E-state index contributed by atoms with van der Waals surface area (Å²) < 4.78 is 36.1. The Bertz CT molecular complexity index is 325. The molecule has 0 saturated heterocycles. The van der Waals surface area contributed by atoms with Gasteiger partial charge >= 0.3 is 6.18 Å². The van der Waals surface area contributed by atoms with Crippen LogP contribution in [0.3, 0.4) is 0 Å². The second-order valence-electron chi connectivity index (χ2n) is 3.29. The van der Waals surface area contributed by atoms with Gasteiger partial charge in [-0.15, -0.1) is 0 Å². The minimum atomic E-state index is -5.02. The maximum atomic E-state index is 12.0. The maximum absolute atomic E-state index is 12.0. The van der Waals surface area contributed by atoms with Gasteiger partial charge in [0, 0.05) is 5.75 Å². The lowest BCUT2D eigenvalue weighted by Gasteiger charge is -2.23. The normalized spacial score (nSPS) is 12.8. The molecular weight excluding hydrogens is 241 g/mol. The molecule has 0 aliphatic heterocycles. The highest BCUT2D eigenvalue weighted by Crippen LogP contribution is 2.31. The van der Waals surface area contributed by atoms with E-state index < -0.39 is 17.7 Å². The first kappa shape index (κ1) is 13.3. The van der Waals surface area contributed by atoms with E-state index in [0.29, 0.717) is 5.75 Å². The number of halogens is 3. The first-order chi connectivity index (χ1) is 7.33. The molecule has 0 bridgehead atoms. The molecule has 0 aliphatic carbocycles. The zero-order valence-corrected chi connectivity index (χ0v) is 9.05. The van der Waals surface area contributed by atoms with Gasteiger partial charge in [0.1, 0.15) is 0 Å². The third-order valence-electron chi connectivity index (χ3n) is 1.87. The Morgan fingerprint density at radius 1 is 1.06 bits per heavy atom. The van der Waals surface area contributed by atoms with E-state index in [4.69, 9.17) is 10.2 Å². The number of thioether (sulfide) groups is 1. The summed E-state index contributed by atoms with van der Waals surface area (Å²) in [4.78, 5) is 0. The Balaban J connectivity index is 2.42. The Labute approximate surface area is 95.1 Å². The van der Waals surface area contributed by atoms with Crippen LogP contribution in [0, 0.1) is 0 Å². The molecule has 1 aromatic rings. The van der Waals surface area contributed by atoms with Crippen LogP contribution in [0.5, 0.6) is 0 Å². The second-order valence-corrected chi connectivity index (χ2v) is 4.28. The predicted octanol–water partition coefficient (Wildman–Crippen LogP) is 2.16. The van der Waals surface area contributed by atoms with Crippen molar-refractivity contribution in [2.75, 3.05) is 5.75 Å². The van der Waals surface area contributed by atoms with Crippen molar-refractivity contribution in [3.8, 4) is 0 Å². The standard InChI is InChI=1S/C10H11F3O2S/c11-10(12,13)9(14,15)7-16-6-8-4-2-1-3-5-8/h1-5,14-15H,6-7H2. The first-order valence-corrected chi connectivity index (χ1v) is 5.61. The Morgan fingerprint density at radius 2 is 1.62 bits per heavy atom. The van der Waals surface area contributed by atoms with Gasteiger partial charge < -0.3 is 10.2 Å². The molecule has 1 rings (SSSR count). The zero-order valence-electron chi connectivity index (χ0n) is 8.24. The van der Waals surface area contributed by atoms with E-state index in [2.05, 4.69) is 0 Å². The fraction of sp³-hybridized carbons (Fsp3) is 0.400. The number of rotatable bonds is 4. The monoisotopic (exact) mass is 252 g/mol. The van der Waals surface area contributed by atoms with Crippen molar-refractivity contribution in [3.05, 3.63) is 35.9 Å². The predicted molar refractivity (Wildman–Crippen MR) is 55.8 cm³/mol. The molecule has 16 heavy (non-hydrogen) atoms. The Hall–Kier alpha value is -0.720. The molecule has 0 aromatic heterocycles. The minimum Gasteiger partial charge on any atom is -0.358 e. The lowest BCUT2D eigenvalue weighted by Crippen LogP contribution is -2.47. The molecule has 0 saturated carbocycles. The molecule has 0 aliphatic rings. The lowest BCUT2D eigenvalue weighted by atomic mass is 10.2. The largest absolute Gasteiger partial charge is 0.443 e. The molecule has 2 nitrogen and oxygen atoms in total. The van der Waals surface area contributed by atoms with E-state index in [0.717, 1.165) is 17.3 Å². The number of alkyl halides is 3. The summed E-state index contributed by atoms with van der Waals surface area (Å²) in [5.41, 5.74) is 0.838. The van der Waals surface area contributed by atoms with Gasteiger partial charge in [0.25, 0.3) is 5.79 Å². The summed E-state index contributed by atoms with van der Waals surface area (Å²) in [6.45, 7) is 0. The third-order valence-corrected chi connectivity index (χ3v) is 3.01. The average Bonchev–Trinajstić information content (AvgIpc) is 2.17. The highest BCUT2D eigenvalue weighted by Gasteiger charge is 2.52. The highest BCUT2D eigenvalue weighted by atomic mass is 32.2. The van der Waals surface area contributed by atoms with E-state index in [1.165, 1.54) is 0 Å². The topological polar surface area (TPSA) is 40.5 Å². The van der Waals surface area contributed by atoms with Crippen LogP contribution in [0.15, 0.2) is 30.3 Å². The number of hydrogen-bond donors (Lipinski definition) is 2. The number of hydrogen-bond acceptors (Lipinski definition) is 3. The molecule has 0 unspecified atom stereocenters. The second kappa shape index (κ2) is 5.07. The van der Waals surface area contributed by atoms with Gasteiger partial charge in [-0.25, -0.2) is 0 Å². The molecule has 0 radical (unpaired) electrons. The van der Waals surface area contributed by atoms with Crippen LogP contribution in [-0.2, 0) is 5.75 Å². The van der Waals surface area contributed by atoms with Crippen molar-refractivity contribution >= 4 is 11.8 Å². The van der Waals surface area contributed by atoms with E-state index in [9.17, 15) is 13.2 Å². The van der Waals surface area contributed by atoms with Crippen molar-refractivity contribution in [1.29, 1.82) is 0 Å². The Morgan fingerprint density at radius 3 is 2.12 bits per heavy atom. The summed E-state index contributed by atoms with van der Waals surface area (Å²) in [6.07, 6.45) is -5.02. The van der Waals surface area contributed by atoms with Gasteiger partial charge in [0.05, 0.1) is 5.75 Å². The molecule has 0 fully saturated rings. The molecule has 2 N–H and O–H groups in total. The molecule has 0 atom stereocenters. The SMILES string of the molecule is OC(O)(CSCc1ccccc1)C(F)(F)F. The molecule has 1 aromatic carbocycles. The number of aliphatic hydroxyl groups is 2. The molecule has 0 amide bonds. The molecule has 6 heteroatoms. The Kier molecular flexibility index (Phi) is 4.23. The van der Waals surface area contributed by atoms with E-state index >= 15 is 0 Å². The van der Waals surface area contributed by atoms with Crippen LogP contribution < -0.4 is 0 Å². The van der Waals surface area contributed by atoms with Gasteiger partial charge in [-0.3, -0.25) is 0 Å². The lowest BCUT2D eigenvalue weighted by molar-refractivity contribution is -0.336. The summed E-state index contributed by atoms with van der Waals surface area (Å²) in [6, 6.07) is 8.86. The van der Waals surface area contributed by atoms with Crippen LogP contribution in [0.4, 0.5) is 13.2 Å². The molecule has 0 spiro atoms. The van der Waals surface area contributed by atoms with E-state index in [-0.39, 0.29) is 0 Å². The van der Waals surface area contributed by atoms with Crippen molar-refractivity contribution in [3.63, 3.8) is 0 Å². The van der Waals surface area contributed by atoms with Crippen molar-refractivity contribution < 1.29 is 23.4 Å². The summed E-state index contributed by atoms with van der Waals surface area (Å²) in [5, 5.41) is 17.5. The zero-order chi connectivity index (χ0) is 12.2. The van der Waals surface area contributed by atoms with Crippen LogP contribution in [0.25, 0.3) is 0 Å². The van der Waals surface area contributed by atoms with Crippen molar-refractivity contribution in [2.24, 2.45) is 0 Å². The third kappa shape index (κ3) is 3.70. The number of benzene rings is 1. The van der Waals surface area contributed by atoms with Gasteiger partial charge in [0.15, 0.2) is 0 Å². The summed E-state index contributed by atoms with van der Waals surface area (Å²) in [7, 11) is 0. The summed E-state index contributed by atoms with van der Waals surface area (Å²) >= 11 is 0.820. The maximum Gasteiger partial charge on any atom is 0.443 e. The fourth-order valence-corrected chi connectivity index (χ4v) is 1.95. The first-order valence-electron chi connectivity index (χ1n) is 4.46. The smallest absolute Gasteiger partial charge is 0.358 e. The fourth-order valence-electron chi connectivity index (χ4n) is 0.967. The van der Waals surface area contributed by atoms with Crippen LogP contribution >= 0.6 is 11.8 Å². The molecule has 0 heterocycles. The van der Waals surface area contributed by atoms with Gasteiger partial charge in [-0.1, -0.05) is 30.3 Å². The highest BCUT2D eigenvalue weighted by molar-refractivity contribution is 7.98. The molecule has 90 valence electrons. The van der Waals surface area contributed by atoms with Crippen LogP contribution in [0.1, 0.15) is 5.56 Å². The van der Waals surface area contributed by atoms with Gasteiger partial charge in [-0.05, 0) is 5.56 Å². The van der Waals surface area contributed by atoms with E-state index in [1.54, 1.807) is 30.3 Å². The van der Waals surface area contributed by atoms with Crippen LogP contribution in [0.2, 0.25) is 0 Å². The van der Waals surface area contributed by atoms with Gasteiger partial charge in [-0.2, -0.15) is 24.9 Å². The quantitative estimate of drug-likeness (QED) is 0.807.